The SMILES string of the molecule is CNc1cccc2c(Cl)nc(C(C)(C)C)n12. The van der Waals surface area contributed by atoms with Crippen LogP contribution in [0.25, 0.3) is 5.52 Å². The van der Waals surface area contributed by atoms with Crippen LogP contribution in [0.4, 0.5) is 5.82 Å². The van der Waals surface area contributed by atoms with Gasteiger partial charge in [-0.15, -0.1) is 0 Å². The average molecular weight is 238 g/mol. The van der Waals surface area contributed by atoms with Gasteiger partial charge in [-0.25, -0.2) is 4.98 Å². The molecule has 0 unspecified atom stereocenters. The molecule has 0 radical (unpaired) electrons. The standard InChI is InChI=1S/C12H16ClN3/c1-12(2,3)11-15-10(13)8-6-5-7-9(14-4)16(8)11/h5-7,14H,1-4H3. The fourth-order valence-corrected chi connectivity index (χ4v) is 2.02. The zero-order valence-electron chi connectivity index (χ0n) is 10.0. The van der Waals surface area contributed by atoms with E-state index in [2.05, 4.69) is 35.5 Å². The van der Waals surface area contributed by atoms with E-state index in [9.17, 15) is 0 Å². The van der Waals surface area contributed by atoms with E-state index in [1.54, 1.807) is 0 Å². The van der Waals surface area contributed by atoms with Crippen LogP contribution in [0, 0.1) is 0 Å². The van der Waals surface area contributed by atoms with Gasteiger partial charge in [0.15, 0.2) is 5.15 Å². The van der Waals surface area contributed by atoms with Crippen molar-refractivity contribution in [3.05, 3.63) is 29.2 Å². The van der Waals surface area contributed by atoms with Crippen molar-refractivity contribution in [1.29, 1.82) is 0 Å². The monoisotopic (exact) mass is 237 g/mol. The lowest BCUT2D eigenvalue weighted by Crippen LogP contribution is -2.17. The quantitative estimate of drug-likeness (QED) is 0.825. The fraction of sp³-hybridized carbons (Fsp3) is 0.417. The lowest BCUT2D eigenvalue weighted by molar-refractivity contribution is 0.544. The van der Waals surface area contributed by atoms with Gasteiger partial charge in [-0.3, -0.25) is 4.40 Å². The average Bonchev–Trinajstić information content (AvgIpc) is 2.56. The van der Waals surface area contributed by atoms with Gasteiger partial charge in [0.05, 0.1) is 5.52 Å². The van der Waals surface area contributed by atoms with Gasteiger partial charge in [-0.2, -0.15) is 0 Å². The minimum absolute atomic E-state index is 0.0387. The van der Waals surface area contributed by atoms with Gasteiger partial charge in [0.25, 0.3) is 0 Å². The van der Waals surface area contributed by atoms with E-state index in [0.29, 0.717) is 5.15 Å². The molecule has 2 rings (SSSR count). The minimum atomic E-state index is -0.0387. The Morgan fingerprint density at radius 1 is 1.31 bits per heavy atom. The third kappa shape index (κ3) is 1.65. The van der Waals surface area contributed by atoms with Crippen molar-refractivity contribution < 1.29 is 0 Å². The van der Waals surface area contributed by atoms with Crippen molar-refractivity contribution in [3.63, 3.8) is 0 Å². The Morgan fingerprint density at radius 2 is 2.00 bits per heavy atom. The Labute approximate surface area is 100 Å². The van der Waals surface area contributed by atoms with Crippen molar-refractivity contribution in [2.75, 3.05) is 12.4 Å². The molecule has 1 N–H and O–H groups in total. The van der Waals surface area contributed by atoms with Crippen molar-refractivity contribution in [3.8, 4) is 0 Å². The highest BCUT2D eigenvalue weighted by molar-refractivity contribution is 6.32. The van der Waals surface area contributed by atoms with Gasteiger partial charge in [-0.05, 0) is 12.1 Å². The highest BCUT2D eigenvalue weighted by Crippen LogP contribution is 2.29. The molecule has 2 heterocycles. The summed E-state index contributed by atoms with van der Waals surface area (Å²) in [5.74, 6) is 1.97. The number of aromatic nitrogens is 2. The Hall–Kier alpha value is -1.22. The van der Waals surface area contributed by atoms with E-state index in [0.717, 1.165) is 17.2 Å². The predicted octanol–water partition coefficient (Wildman–Crippen LogP) is 3.33. The third-order valence-corrected chi connectivity index (χ3v) is 2.82. The summed E-state index contributed by atoms with van der Waals surface area (Å²) in [4.78, 5) is 4.46. The van der Waals surface area contributed by atoms with Gasteiger partial charge < -0.3 is 5.32 Å². The molecule has 0 aliphatic heterocycles. The van der Waals surface area contributed by atoms with E-state index >= 15 is 0 Å². The summed E-state index contributed by atoms with van der Waals surface area (Å²) in [5, 5.41) is 3.72. The summed E-state index contributed by atoms with van der Waals surface area (Å²) in [6.45, 7) is 6.39. The topological polar surface area (TPSA) is 29.3 Å². The van der Waals surface area contributed by atoms with Crippen molar-refractivity contribution in [2.24, 2.45) is 0 Å². The minimum Gasteiger partial charge on any atom is -0.374 e. The molecule has 0 aliphatic carbocycles. The van der Waals surface area contributed by atoms with Crippen LogP contribution in [0.15, 0.2) is 18.2 Å². The van der Waals surface area contributed by atoms with Crippen molar-refractivity contribution in [2.45, 2.75) is 26.2 Å². The van der Waals surface area contributed by atoms with Crippen LogP contribution >= 0.6 is 11.6 Å². The van der Waals surface area contributed by atoms with Crippen LogP contribution in [0.5, 0.6) is 0 Å². The van der Waals surface area contributed by atoms with Gasteiger partial charge in [0, 0.05) is 12.5 Å². The second-order valence-corrected chi connectivity index (χ2v) is 5.22. The molecule has 0 bridgehead atoms. The van der Waals surface area contributed by atoms with Crippen molar-refractivity contribution >= 4 is 22.9 Å². The first-order valence-corrected chi connectivity index (χ1v) is 5.68. The second-order valence-electron chi connectivity index (χ2n) is 4.86. The van der Waals surface area contributed by atoms with E-state index < -0.39 is 0 Å². The van der Waals surface area contributed by atoms with Gasteiger partial charge in [0.2, 0.25) is 0 Å². The van der Waals surface area contributed by atoms with E-state index in [1.807, 2.05) is 25.2 Å². The number of rotatable bonds is 1. The first kappa shape index (κ1) is 11.3. The number of hydrogen-bond acceptors (Lipinski definition) is 2. The molecule has 0 saturated heterocycles. The maximum Gasteiger partial charge on any atom is 0.155 e. The fourth-order valence-electron chi connectivity index (χ4n) is 1.80. The number of nitrogens with zero attached hydrogens (tertiary/aromatic N) is 2. The van der Waals surface area contributed by atoms with E-state index in [4.69, 9.17) is 11.6 Å². The number of fused-ring (bicyclic) bond motifs is 1. The largest absolute Gasteiger partial charge is 0.374 e. The number of pyridine rings is 1. The molecular weight excluding hydrogens is 222 g/mol. The Morgan fingerprint density at radius 3 is 2.56 bits per heavy atom. The molecule has 0 spiro atoms. The lowest BCUT2D eigenvalue weighted by atomic mass is 9.96. The predicted molar refractivity (Wildman–Crippen MR) is 68.4 cm³/mol. The lowest BCUT2D eigenvalue weighted by Gasteiger charge is -2.18. The second kappa shape index (κ2) is 3.67. The smallest absolute Gasteiger partial charge is 0.155 e. The molecule has 0 aromatic carbocycles. The normalized spacial score (nSPS) is 12.1. The molecule has 0 fully saturated rings. The first-order chi connectivity index (χ1) is 7.45. The molecule has 4 heteroatoms. The Balaban J connectivity index is 2.85. The number of imidazole rings is 1. The number of hydrogen-bond donors (Lipinski definition) is 1. The zero-order valence-corrected chi connectivity index (χ0v) is 10.8. The molecule has 0 amide bonds. The van der Waals surface area contributed by atoms with Gasteiger partial charge >= 0.3 is 0 Å². The van der Waals surface area contributed by atoms with Crippen LogP contribution in [0.3, 0.4) is 0 Å². The first-order valence-electron chi connectivity index (χ1n) is 5.30. The maximum atomic E-state index is 6.15. The molecule has 2 aromatic heterocycles. The third-order valence-electron chi connectivity index (χ3n) is 2.54. The van der Waals surface area contributed by atoms with E-state index in [-0.39, 0.29) is 5.41 Å². The summed E-state index contributed by atoms with van der Waals surface area (Å²) >= 11 is 6.15. The summed E-state index contributed by atoms with van der Waals surface area (Å²) in [6, 6.07) is 5.97. The molecule has 0 aliphatic rings. The molecular formula is C12H16ClN3. The maximum absolute atomic E-state index is 6.15. The highest BCUT2D eigenvalue weighted by Gasteiger charge is 2.23. The van der Waals surface area contributed by atoms with Gasteiger partial charge in [-0.1, -0.05) is 38.4 Å². The van der Waals surface area contributed by atoms with Crippen LogP contribution in [0.2, 0.25) is 5.15 Å². The van der Waals surface area contributed by atoms with Crippen LogP contribution in [0.1, 0.15) is 26.6 Å². The molecule has 0 saturated carbocycles. The number of nitrogens with one attached hydrogen (secondary N) is 1. The molecule has 3 nitrogen and oxygen atoms in total. The Kier molecular flexibility index (Phi) is 2.58. The molecule has 16 heavy (non-hydrogen) atoms. The Bertz CT molecular complexity index is 523. The summed E-state index contributed by atoms with van der Waals surface area (Å²) in [7, 11) is 1.90. The van der Waals surface area contributed by atoms with Crippen LogP contribution < -0.4 is 5.32 Å². The molecule has 2 aromatic rings. The van der Waals surface area contributed by atoms with Gasteiger partial charge in [0.1, 0.15) is 11.6 Å². The summed E-state index contributed by atoms with van der Waals surface area (Å²) in [5.41, 5.74) is 0.904. The molecule has 86 valence electrons. The van der Waals surface area contributed by atoms with Crippen LogP contribution in [-0.2, 0) is 5.41 Å². The number of halogens is 1. The summed E-state index contributed by atoms with van der Waals surface area (Å²) < 4.78 is 2.07. The van der Waals surface area contributed by atoms with Crippen LogP contribution in [-0.4, -0.2) is 16.4 Å². The summed E-state index contributed by atoms with van der Waals surface area (Å²) in [6.07, 6.45) is 0. The zero-order chi connectivity index (χ0) is 11.9. The van der Waals surface area contributed by atoms with E-state index in [1.165, 1.54) is 0 Å². The van der Waals surface area contributed by atoms with Crippen molar-refractivity contribution in [1.82, 2.24) is 9.38 Å². The highest BCUT2D eigenvalue weighted by atomic mass is 35.5. The molecule has 0 atom stereocenters. The number of anilines is 1.